The SMILES string of the molecule is O=NN1CC[C@H](O)C1. The van der Waals surface area contributed by atoms with Crippen LogP contribution in [-0.2, 0) is 0 Å². The third-order valence-corrected chi connectivity index (χ3v) is 1.26. The number of aliphatic hydroxyl groups is 1. The number of rotatable bonds is 1. The fourth-order valence-electron chi connectivity index (χ4n) is 0.798. The highest BCUT2D eigenvalue weighted by atomic mass is 16.3. The summed E-state index contributed by atoms with van der Waals surface area (Å²) < 4.78 is 0. The summed E-state index contributed by atoms with van der Waals surface area (Å²) in [6.45, 7) is 1.01. The lowest BCUT2D eigenvalue weighted by Crippen LogP contribution is -2.14. The van der Waals surface area contributed by atoms with Crippen molar-refractivity contribution in [1.29, 1.82) is 0 Å². The van der Waals surface area contributed by atoms with Crippen LogP contribution in [0.5, 0.6) is 0 Å². The average molecular weight is 116 g/mol. The molecule has 1 atom stereocenters. The van der Waals surface area contributed by atoms with Crippen LogP contribution in [0.3, 0.4) is 0 Å². The Morgan fingerprint density at radius 2 is 2.50 bits per heavy atom. The van der Waals surface area contributed by atoms with Crippen molar-refractivity contribution in [3.63, 3.8) is 0 Å². The van der Waals surface area contributed by atoms with Gasteiger partial charge in [0.1, 0.15) is 0 Å². The van der Waals surface area contributed by atoms with E-state index >= 15 is 0 Å². The van der Waals surface area contributed by atoms with Crippen molar-refractivity contribution in [3.05, 3.63) is 4.91 Å². The normalized spacial score (nSPS) is 28.6. The summed E-state index contributed by atoms with van der Waals surface area (Å²) in [7, 11) is 0. The molecular formula is C4H8N2O2. The van der Waals surface area contributed by atoms with Gasteiger partial charge in [-0.2, -0.15) is 0 Å². The van der Waals surface area contributed by atoms with E-state index in [-0.39, 0.29) is 6.10 Å². The van der Waals surface area contributed by atoms with Gasteiger partial charge < -0.3 is 5.11 Å². The summed E-state index contributed by atoms with van der Waals surface area (Å²) >= 11 is 0. The molecule has 1 rings (SSSR count). The van der Waals surface area contributed by atoms with Crippen LogP contribution in [0, 0.1) is 4.91 Å². The summed E-state index contributed by atoms with van der Waals surface area (Å²) in [5.41, 5.74) is 0. The second-order valence-electron chi connectivity index (χ2n) is 1.94. The second-order valence-corrected chi connectivity index (χ2v) is 1.94. The summed E-state index contributed by atoms with van der Waals surface area (Å²) in [6.07, 6.45) is 0.332. The van der Waals surface area contributed by atoms with E-state index in [0.29, 0.717) is 19.5 Å². The lowest BCUT2D eigenvalue weighted by molar-refractivity contribution is 0.177. The zero-order chi connectivity index (χ0) is 5.98. The molecule has 0 aliphatic carbocycles. The number of nitrogens with zero attached hydrogens (tertiary/aromatic N) is 2. The molecule has 1 fully saturated rings. The van der Waals surface area contributed by atoms with Gasteiger partial charge in [0, 0.05) is 6.54 Å². The van der Waals surface area contributed by atoms with E-state index in [9.17, 15) is 4.91 Å². The van der Waals surface area contributed by atoms with Crippen molar-refractivity contribution >= 4 is 0 Å². The van der Waals surface area contributed by atoms with Crippen molar-refractivity contribution in [1.82, 2.24) is 5.01 Å². The fourth-order valence-corrected chi connectivity index (χ4v) is 0.798. The first-order chi connectivity index (χ1) is 3.83. The molecule has 1 N–H and O–H groups in total. The van der Waals surface area contributed by atoms with E-state index in [4.69, 9.17) is 5.11 Å². The highest BCUT2D eigenvalue weighted by Crippen LogP contribution is 2.07. The van der Waals surface area contributed by atoms with Crippen molar-refractivity contribution < 1.29 is 5.11 Å². The Kier molecular flexibility index (Phi) is 1.43. The molecule has 0 amide bonds. The summed E-state index contributed by atoms with van der Waals surface area (Å²) in [5.74, 6) is 0. The van der Waals surface area contributed by atoms with Crippen LogP contribution in [-0.4, -0.2) is 29.3 Å². The second kappa shape index (κ2) is 2.09. The Hall–Kier alpha value is -0.640. The smallest absolute Gasteiger partial charge is 0.0750 e. The number of nitroso groups, excluding NO2 is 1. The van der Waals surface area contributed by atoms with Crippen molar-refractivity contribution in [3.8, 4) is 0 Å². The first-order valence-electron chi connectivity index (χ1n) is 2.59. The van der Waals surface area contributed by atoms with Gasteiger partial charge in [0.05, 0.1) is 17.9 Å². The molecule has 4 heteroatoms. The van der Waals surface area contributed by atoms with Gasteiger partial charge in [-0.05, 0) is 6.42 Å². The van der Waals surface area contributed by atoms with E-state index in [1.165, 1.54) is 5.01 Å². The lowest BCUT2D eigenvalue weighted by Gasteiger charge is -2.01. The Bertz CT molecular complexity index is 96.0. The number of hydrogen-bond donors (Lipinski definition) is 1. The van der Waals surface area contributed by atoms with Gasteiger partial charge in [0.25, 0.3) is 0 Å². The third-order valence-electron chi connectivity index (χ3n) is 1.26. The van der Waals surface area contributed by atoms with Crippen LogP contribution in [0.4, 0.5) is 0 Å². The van der Waals surface area contributed by atoms with Crippen LogP contribution in [0.25, 0.3) is 0 Å². The molecule has 0 bridgehead atoms. The topological polar surface area (TPSA) is 52.9 Å². The first kappa shape index (κ1) is 5.50. The van der Waals surface area contributed by atoms with Crippen LogP contribution >= 0.6 is 0 Å². The number of β-amino-alcohol motifs (C(OH)–C–C–N with tert-alkyl or cyclic N) is 1. The molecule has 0 saturated carbocycles. The molecule has 1 aliphatic heterocycles. The maximum absolute atomic E-state index is 9.72. The van der Waals surface area contributed by atoms with E-state index in [1.54, 1.807) is 0 Å². The van der Waals surface area contributed by atoms with Crippen LogP contribution in [0.15, 0.2) is 5.29 Å². The molecule has 1 heterocycles. The third kappa shape index (κ3) is 0.949. The zero-order valence-corrected chi connectivity index (χ0v) is 4.45. The largest absolute Gasteiger partial charge is 0.391 e. The maximum Gasteiger partial charge on any atom is 0.0750 e. The standard InChI is InChI=1S/C4H8N2O2/c7-4-1-2-6(3-4)5-8/h4,7H,1-3H2/t4-/m0/s1. The molecule has 8 heavy (non-hydrogen) atoms. The average Bonchev–Trinajstić information content (AvgIpc) is 2.14. The predicted octanol–water partition coefficient (Wildman–Crippen LogP) is -0.266. The Morgan fingerprint density at radius 3 is 2.75 bits per heavy atom. The van der Waals surface area contributed by atoms with Crippen molar-refractivity contribution in [2.75, 3.05) is 13.1 Å². The van der Waals surface area contributed by atoms with Crippen LogP contribution in [0.2, 0.25) is 0 Å². The highest BCUT2D eigenvalue weighted by Gasteiger charge is 2.18. The summed E-state index contributed by atoms with van der Waals surface area (Å²) in [6, 6.07) is 0. The van der Waals surface area contributed by atoms with E-state index in [2.05, 4.69) is 5.29 Å². The highest BCUT2D eigenvalue weighted by molar-refractivity contribution is 4.70. The minimum Gasteiger partial charge on any atom is -0.391 e. The molecule has 4 nitrogen and oxygen atoms in total. The van der Waals surface area contributed by atoms with Gasteiger partial charge in [-0.3, -0.25) is 5.01 Å². The van der Waals surface area contributed by atoms with Gasteiger partial charge in [0.15, 0.2) is 0 Å². The van der Waals surface area contributed by atoms with Gasteiger partial charge in [0.2, 0.25) is 0 Å². The summed E-state index contributed by atoms with van der Waals surface area (Å²) in [5, 5.41) is 12.8. The Morgan fingerprint density at radius 1 is 1.75 bits per heavy atom. The molecule has 0 spiro atoms. The van der Waals surface area contributed by atoms with E-state index in [0.717, 1.165) is 0 Å². The van der Waals surface area contributed by atoms with Crippen molar-refractivity contribution in [2.45, 2.75) is 12.5 Å². The quantitative estimate of drug-likeness (QED) is 0.480. The molecule has 46 valence electrons. The Balaban J connectivity index is 2.32. The van der Waals surface area contributed by atoms with Crippen LogP contribution in [0.1, 0.15) is 6.42 Å². The lowest BCUT2D eigenvalue weighted by atomic mass is 10.3. The molecule has 0 aromatic rings. The van der Waals surface area contributed by atoms with Crippen LogP contribution < -0.4 is 0 Å². The number of aliphatic hydroxyl groups excluding tert-OH is 1. The maximum atomic E-state index is 9.72. The zero-order valence-electron chi connectivity index (χ0n) is 4.45. The molecule has 0 radical (unpaired) electrons. The molecule has 1 saturated heterocycles. The molecule has 0 aromatic carbocycles. The minimum absolute atomic E-state index is 0.340. The fraction of sp³-hybridized carbons (Fsp3) is 1.00. The van der Waals surface area contributed by atoms with E-state index < -0.39 is 0 Å². The van der Waals surface area contributed by atoms with Gasteiger partial charge >= 0.3 is 0 Å². The summed E-state index contributed by atoms with van der Waals surface area (Å²) in [4.78, 5) is 9.72. The Labute approximate surface area is 47.0 Å². The number of hydrogen-bond acceptors (Lipinski definition) is 3. The van der Waals surface area contributed by atoms with Gasteiger partial charge in [-0.25, -0.2) is 0 Å². The molecule has 0 aromatic heterocycles. The van der Waals surface area contributed by atoms with Gasteiger partial charge in [-0.15, -0.1) is 4.91 Å². The minimum atomic E-state index is -0.340. The van der Waals surface area contributed by atoms with Crippen molar-refractivity contribution in [2.24, 2.45) is 5.29 Å². The van der Waals surface area contributed by atoms with Gasteiger partial charge in [-0.1, -0.05) is 0 Å². The van der Waals surface area contributed by atoms with E-state index in [1.807, 2.05) is 0 Å². The molecular weight excluding hydrogens is 108 g/mol. The molecule has 0 unspecified atom stereocenters. The predicted molar refractivity (Wildman–Crippen MR) is 28.0 cm³/mol. The molecule has 1 aliphatic rings. The first-order valence-corrected chi connectivity index (χ1v) is 2.59. The monoisotopic (exact) mass is 116 g/mol.